The van der Waals surface area contributed by atoms with Gasteiger partial charge >= 0.3 is 0 Å². The van der Waals surface area contributed by atoms with Crippen molar-refractivity contribution in [1.82, 2.24) is 10.5 Å². The summed E-state index contributed by atoms with van der Waals surface area (Å²) in [4.78, 5) is 11.9. The van der Waals surface area contributed by atoms with Crippen LogP contribution in [0.1, 0.15) is 69.6 Å². The van der Waals surface area contributed by atoms with E-state index in [0.29, 0.717) is 6.42 Å². The standard InChI is InChI=1S/C15H26N2O3/c1-6-10(2)12-7-13(20-17-12)14(19)16-9-11(18)8-15(3,4)5/h7,10-11,18H,6,8-9H2,1-5H3,(H,16,19)/t10-,11+/m1/s1. The van der Waals surface area contributed by atoms with Crippen molar-refractivity contribution in [2.45, 2.75) is 59.5 Å². The normalized spacial score (nSPS) is 14.9. The van der Waals surface area contributed by atoms with Crippen molar-refractivity contribution in [3.05, 3.63) is 17.5 Å². The Balaban J connectivity index is 2.49. The van der Waals surface area contributed by atoms with Gasteiger partial charge in [0.15, 0.2) is 0 Å². The zero-order valence-electron chi connectivity index (χ0n) is 13.1. The summed E-state index contributed by atoms with van der Waals surface area (Å²) in [6, 6.07) is 1.67. The lowest BCUT2D eigenvalue weighted by Crippen LogP contribution is -2.34. The van der Waals surface area contributed by atoms with E-state index < -0.39 is 6.10 Å². The molecule has 20 heavy (non-hydrogen) atoms. The Morgan fingerprint density at radius 1 is 1.50 bits per heavy atom. The Morgan fingerprint density at radius 2 is 2.15 bits per heavy atom. The number of aliphatic hydroxyl groups is 1. The Hall–Kier alpha value is -1.36. The fourth-order valence-corrected chi connectivity index (χ4v) is 1.91. The Bertz CT molecular complexity index is 435. The third kappa shape index (κ3) is 5.33. The number of rotatable bonds is 6. The fraction of sp³-hybridized carbons (Fsp3) is 0.733. The predicted octanol–water partition coefficient (Wildman–Crippen LogP) is 2.72. The predicted molar refractivity (Wildman–Crippen MR) is 77.6 cm³/mol. The highest BCUT2D eigenvalue weighted by atomic mass is 16.5. The summed E-state index contributed by atoms with van der Waals surface area (Å²) in [5.74, 6) is 0.134. The lowest BCUT2D eigenvalue weighted by Gasteiger charge is -2.22. The molecule has 1 heterocycles. The first-order valence-corrected chi connectivity index (χ1v) is 7.15. The highest BCUT2D eigenvalue weighted by Gasteiger charge is 2.19. The van der Waals surface area contributed by atoms with Crippen molar-refractivity contribution < 1.29 is 14.4 Å². The van der Waals surface area contributed by atoms with E-state index in [1.807, 2.05) is 27.7 Å². The topological polar surface area (TPSA) is 75.4 Å². The van der Waals surface area contributed by atoms with Crippen LogP contribution in [0, 0.1) is 5.41 Å². The van der Waals surface area contributed by atoms with Crippen molar-refractivity contribution in [3.8, 4) is 0 Å². The van der Waals surface area contributed by atoms with Gasteiger partial charge in [-0.1, -0.05) is 39.8 Å². The molecule has 1 aromatic rings. The number of hydrogen-bond donors (Lipinski definition) is 2. The summed E-state index contributed by atoms with van der Waals surface area (Å²) in [6.45, 7) is 10.5. The van der Waals surface area contributed by atoms with Crippen LogP contribution in [0.5, 0.6) is 0 Å². The molecule has 0 saturated carbocycles. The van der Waals surface area contributed by atoms with Gasteiger partial charge in [0.25, 0.3) is 5.91 Å². The highest BCUT2D eigenvalue weighted by Crippen LogP contribution is 2.20. The quantitative estimate of drug-likeness (QED) is 0.841. The van der Waals surface area contributed by atoms with Gasteiger partial charge in [-0.25, -0.2) is 0 Å². The molecule has 5 nitrogen and oxygen atoms in total. The second-order valence-corrected chi connectivity index (χ2v) is 6.55. The summed E-state index contributed by atoms with van der Waals surface area (Å²) in [5.41, 5.74) is 0.813. The first kappa shape index (κ1) is 16.7. The fourth-order valence-electron chi connectivity index (χ4n) is 1.91. The molecule has 1 rings (SSSR count). The molecule has 0 unspecified atom stereocenters. The molecule has 2 N–H and O–H groups in total. The second-order valence-electron chi connectivity index (χ2n) is 6.55. The van der Waals surface area contributed by atoms with Crippen molar-refractivity contribution in [1.29, 1.82) is 0 Å². The molecule has 0 aliphatic carbocycles. The van der Waals surface area contributed by atoms with Crippen LogP contribution in [0.15, 0.2) is 10.6 Å². The molecule has 0 bridgehead atoms. The van der Waals surface area contributed by atoms with E-state index in [4.69, 9.17) is 4.52 Å². The summed E-state index contributed by atoms with van der Waals surface area (Å²) in [6.07, 6.45) is 1.01. The molecule has 1 aromatic heterocycles. The van der Waals surface area contributed by atoms with Crippen molar-refractivity contribution >= 4 is 5.91 Å². The smallest absolute Gasteiger partial charge is 0.289 e. The van der Waals surface area contributed by atoms with Gasteiger partial charge in [0, 0.05) is 18.5 Å². The molecule has 2 atom stereocenters. The monoisotopic (exact) mass is 282 g/mol. The largest absolute Gasteiger partial charge is 0.391 e. The maximum atomic E-state index is 11.9. The van der Waals surface area contributed by atoms with E-state index in [-0.39, 0.29) is 29.5 Å². The van der Waals surface area contributed by atoms with Crippen LogP contribution >= 0.6 is 0 Å². The maximum Gasteiger partial charge on any atom is 0.289 e. The van der Waals surface area contributed by atoms with Crippen molar-refractivity contribution in [3.63, 3.8) is 0 Å². The summed E-state index contributed by atoms with van der Waals surface area (Å²) >= 11 is 0. The molecule has 0 aromatic carbocycles. The molecule has 0 aliphatic rings. The van der Waals surface area contributed by atoms with Crippen LogP contribution in [-0.4, -0.2) is 28.8 Å². The average molecular weight is 282 g/mol. The van der Waals surface area contributed by atoms with Gasteiger partial charge in [-0.2, -0.15) is 0 Å². The minimum absolute atomic E-state index is 0.0279. The zero-order chi connectivity index (χ0) is 15.3. The number of carbonyl (C=O) groups is 1. The van der Waals surface area contributed by atoms with Gasteiger partial charge in [0.2, 0.25) is 5.76 Å². The van der Waals surface area contributed by atoms with E-state index in [2.05, 4.69) is 17.4 Å². The number of carbonyl (C=O) groups excluding carboxylic acids is 1. The lowest BCUT2D eigenvalue weighted by molar-refractivity contribution is 0.0836. The van der Waals surface area contributed by atoms with Gasteiger partial charge in [-0.3, -0.25) is 4.79 Å². The first-order valence-electron chi connectivity index (χ1n) is 7.15. The number of nitrogens with zero attached hydrogens (tertiary/aromatic N) is 1. The molecule has 1 amide bonds. The number of amides is 1. The van der Waals surface area contributed by atoms with Crippen LogP contribution in [0.4, 0.5) is 0 Å². The Kier molecular flexibility index (Phi) is 5.74. The second kappa shape index (κ2) is 6.88. The van der Waals surface area contributed by atoms with Gasteiger partial charge in [-0.05, 0) is 18.3 Å². The minimum atomic E-state index is -0.559. The van der Waals surface area contributed by atoms with Crippen LogP contribution in [0.2, 0.25) is 0 Å². The van der Waals surface area contributed by atoms with Gasteiger partial charge < -0.3 is 14.9 Å². The van der Waals surface area contributed by atoms with Crippen LogP contribution in [0.25, 0.3) is 0 Å². The molecule has 5 heteroatoms. The van der Waals surface area contributed by atoms with Crippen LogP contribution in [0.3, 0.4) is 0 Å². The molecule has 0 saturated heterocycles. The number of hydrogen-bond acceptors (Lipinski definition) is 4. The molecule has 0 fully saturated rings. The summed E-state index contributed by atoms with van der Waals surface area (Å²) in [7, 11) is 0. The number of aromatic nitrogens is 1. The van der Waals surface area contributed by atoms with Crippen molar-refractivity contribution in [2.24, 2.45) is 5.41 Å². The van der Waals surface area contributed by atoms with E-state index >= 15 is 0 Å². The third-order valence-corrected chi connectivity index (χ3v) is 3.22. The van der Waals surface area contributed by atoms with Crippen LogP contribution < -0.4 is 5.32 Å². The minimum Gasteiger partial charge on any atom is -0.391 e. The molecule has 114 valence electrons. The SMILES string of the molecule is CC[C@@H](C)c1cc(C(=O)NC[C@@H](O)CC(C)(C)C)on1. The van der Waals surface area contributed by atoms with Gasteiger partial charge in [-0.15, -0.1) is 0 Å². The molecule has 0 aliphatic heterocycles. The molecular formula is C15H26N2O3. The lowest BCUT2D eigenvalue weighted by atomic mass is 9.89. The number of aliphatic hydroxyl groups excluding tert-OH is 1. The zero-order valence-corrected chi connectivity index (χ0v) is 13.1. The Labute approximate surface area is 120 Å². The van der Waals surface area contributed by atoms with E-state index in [1.54, 1.807) is 6.07 Å². The summed E-state index contributed by atoms with van der Waals surface area (Å²) < 4.78 is 5.04. The summed E-state index contributed by atoms with van der Waals surface area (Å²) in [5, 5.41) is 16.4. The van der Waals surface area contributed by atoms with Gasteiger partial charge in [0.1, 0.15) is 0 Å². The number of nitrogens with one attached hydrogen (secondary N) is 1. The van der Waals surface area contributed by atoms with Gasteiger partial charge in [0.05, 0.1) is 11.8 Å². The Morgan fingerprint density at radius 3 is 2.70 bits per heavy atom. The van der Waals surface area contributed by atoms with Crippen molar-refractivity contribution in [2.75, 3.05) is 6.54 Å². The highest BCUT2D eigenvalue weighted by molar-refractivity contribution is 5.91. The maximum absolute atomic E-state index is 11.9. The third-order valence-electron chi connectivity index (χ3n) is 3.22. The molecule has 0 spiro atoms. The molecular weight excluding hydrogens is 256 g/mol. The van der Waals surface area contributed by atoms with E-state index in [1.165, 1.54) is 0 Å². The first-order chi connectivity index (χ1) is 9.23. The van der Waals surface area contributed by atoms with E-state index in [0.717, 1.165) is 12.1 Å². The molecule has 0 radical (unpaired) electrons. The van der Waals surface area contributed by atoms with Crippen LogP contribution in [-0.2, 0) is 0 Å². The average Bonchev–Trinajstić information content (AvgIpc) is 2.82. The van der Waals surface area contributed by atoms with E-state index in [9.17, 15) is 9.90 Å².